The molecule has 2 aromatic carbocycles. The first-order chi connectivity index (χ1) is 13.7. The Hall–Kier alpha value is -2.13. The van der Waals surface area contributed by atoms with Crippen molar-refractivity contribution in [2.45, 2.75) is 45.6 Å². The highest BCUT2D eigenvalue weighted by atomic mass is 16.2. The second-order valence-corrected chi connectivity index (χ2v) is 7.83. The molecule has 28 heavy (non-hydrogen) atoms. The van der Waals surface area contributed by atoms with Crippen molar-refractivity contribution in [2.75, 3.05) is 26.2 Å². The molecule has 3 heteroatoms. The van der Waals surface area contributed by atoms with E-state index < -0.39 is 0 Å². The van der Waals surface area contributed by atoms with Crippen molar-refractivity contribution in [1.29, 1.82) is 0 Å². The van der Waals surface area contributed by atoms with Crippen molar-refractivity contribution in [2.24, 2.45) is 5.92 Å². The fourth-order valence-electron chi connectivity index (χ4n) is 4.30. The highest BCUT2D eigenvalue weighted by molar-refractivity contribution is 5.78. The Balaban J connectivity index is 1.70. The number of hydrogen-bond acceptors (Lipinski definition) is 2. The third kappa shape index (κ3) is 5.02. The van der Waals surface area contributed by atoms with Crippen molar-refractivity contribution >= 4 is 5.91 Å². The molecule has 0 N–H and O–H groups in total. The number of hydrogen-bond donors (Lipinski definition) is 0. The fraction of sp³-hybridized carbons (Fsp3) is 0.480. The van der Waals surface area contributed by atoms with Crippen LogP contribution in [0.1, 0.15) is 56.7 Å². The summed E-state index contributed by atoms with van der Waals surface area (Å²) in [5.41, 5.74) is 2.64. The molecule has 3 rings (SSSR count). The van der Waals surface area contributed by atoms with Crippen LogP contribution in [0.2, 0.25) is 0 Å². The van der Waals surface area contributed by atoms with E-state index in [-0.39, 0.29) is 12.0 Å². The molecule has 1 atom stereocenters. The summed E-state index contributed by atoms with van der Waals surface area (Å²) in [5.74, 6) is 0.567. The average molecular weight is 379 g/mol. The molecule has 1 saturated heterocycles. The monoisotopic (exact) mass is 378 g/mol. The second kappa shape index (κ2) is 10.4. The molecule has 0 aromatic heterocycles. The van der Waals surface area contributed by atoms with Gasteiger partial charge in [0.1, 0.15) is 0 Å². The SMILES string of the molecule is CCCCC(CC)C(=O)N1CCN(C(c2ccccc2)c2ccccc2)CC1. The largest absolute Gasteiger partial charge is 0.340 e. The maximum atomic E-state index is 13.0. The summed E-state index contributed by atoms with van der Waals surface area (Å²) < 4.78 is 0. The van der Waals surface area contributed by atoms with Gasteiger partial charge in [0.25, 0.3) is 0 Å². The summed E-state index contributed by atoms with van der Waals surface area (Å²) in [5, 5.41) is 0. The van der Waals surface area contributed by atoms with E-state index in [1.807, 2.05) is 0 Å². The first-order valence-electron chi connectivity index (χ1n) is 10.9. The van der Waals surface area contributed by atoms with Crippen LogP contribution in [-0.4, -0.2) is 41.9 Å². The van der Waals surface area contributed by atoms with Crippen molar-refractivity contribution in [3.05, 3.63) is 71.8 Å². The number of benzene rings is 2. The molecule has 150 valence electrons. The third-order valence-electron chi connectivity index (χ3n) is 5.97. The van der Waals surface area contributed by atoms with Gasteiger partial charge >= 0.3 is 0 Å². The van der Waals surface area contributed by atoms with E-state index in [1.165, 1.54) is 11.1 Å². The quantitative estimate of drug-likeness (QED) is 0.635. The fourth-order valence-corrected chi connectivity index (χ4v) is 4.30. The Bertz CT molecular complexity index is 668. The summed E-state index contributed by atoms with van der Waals surface area (Å²) >= 11 is 0. The maximum Gasteiger partial charge on any atom is 0.225 e. The van der Waals surface area contributed by atoms with Crippen LogP contribution >= 0.6 is 0 Å². The zero-order valence-corrected chi connectivity index (χ0v) is 17.4. The molecule has 0 bridgehead atoms. The highest BCUT2D eigenvalue weighted by Crippen LogP contribution is 2.30. The Kier molecular flexibility index (Phi) is 7.67. The van der Waals surface area contributed by atoms with Crippen molar-refractivity contribution < 1.29 is 4.79 Å². The van der Waals surface area contributed by atoms with E-state index in [1.54, 1.807) is 0 Å². The number of carbonyl (C=O) groups is 1. The van der Waals surface area contributed by atoms with E-state index in [0.717, 1.165) is 51.9 Å². The van der Waals surface area contributed by atoms with Crippen LogP contribution in [0, 0.1) is 5.92 Å². The smallest absolute Gasteiger partial charge is 0.225 e. The van der Waals surface area contributed by atoms with Crippen molar-refractivity contribution in [1.82, 2.24) is 9.80 Å². The van der Waals surface area contributed by atoms with E-state index in [4.69, 9.17) is 0 Å². The average Bonchev–Trinajstić information content (AvgIpc) is 2.76. The lowest BCUT2D eigenvalue weighted by molar-refractivity contribution is -0.138. The standard InChI is InChI=1S/C25H34N2O/c1-3-5-12-21(4-2)25(28)27-19-17-26(18-20-27)24(22-13-8-6-9-14-22)23-15-10-7-11-16-23/h6-11,13-16,21,24H,3-5,12,17-20H2,1-2H3. The number of carbonyl (C=O) groups excluding carboxylic acids is 1. The van der Waals surface area contributed by atoms with Crippen molar-refractivity contribution in [3.63, 3.8) is 0 Å². The summed E-state index contributed by atoms with van der Waals surface area (Å²) in [6, 6.07) is 21.7. The van der Waals surface area contributed by atoms with Gasteiger partial charge in [0.2, 0.25) is 5.91 Å². The van der Waals surface area contributed by atoms with Crippen molar-refractivity contribution in [3.8, 4) is 0 Å². The first kappa shape index (κ1) is 20.6. The third-order valence-corrected chi connectivity index (χ3v) is 5.97. The zero-order valence-electron chi connectivity index (χ0n) is 17.4. The molecule has 1 unspecified atom stereocenters. The zero-order chi connectivity index (χ0) is 19.8. The molecular formula is C25H34N2O. The highest BCUT2D eigenvalue weighted by Gasteiger charge is 2.30. The molecule has 2 aromatic rings. The number of amides is 1. The van der Waals surface area contributed by atoms with Crippen LogP contribution in [0.25, 0.3) is 0 Å². The minimum absolute atomic E-state index is 0.200. The summed E-state index contributed by atoms with van der Waals surface area (Å²) in [6.45, 7) is 7.85. The minimum atomic E-state index is 0.200. The van der Waals surface area contributed by atoms with E-state index in [2.05, 4.69) is 84.3 Å². The lowest BCUT2D eigenvalue weighted by atomic mass is 9.95. The number of rotatable bonds is 8. The number of piperazine rings is 1. The van der Waals surface area contributed by atoms with Crippen LogP contribution < -0.4 is 0 Å². The van der Waals surface area contributed by atoms with Gasteiger partial charge in [0, 0.05) is 32.1 Å². The topological polar surface area (TPSA) is 23.6 Å². The molecule has 0 spiro atoms. The Morgan fingerprint density at radius 3 is 1.86 bits per heavy atom. The molecule has 0 saturated carbocycles. The normalized spacial score (nSPS) is 16.3. The molecular weight excluding hydrogens is 344 g/mol. The number of unbranched alkanes of at least 4 members (excludes halogenated alkanes) is 1. The van der Waals surface area contributed by atoms with Crippen LogP contribution in [0.4, 0.5) is 0 Å². The van der Waals surface area contributed by atoms with Gasteiger partial charge < -0.3 is 4.90 Å². The molecule has 3 nitrogen and oxygen atoms in total. The maximum absolute atomic E-state index is 13.0. The van der Waals surface area contributed by atoms with Crippen LogP contribution in [0.5, 0.6) is 0 Å². The van der Waals surface area contributed by atoms with Crippen LogP contribution in [-0.2, 0) is 4.79 Å². The van der Waals surface area contributed by atoms with E-state index >= 15 is 0 Å². The predicted molar refractivity (Wildman–Crippen MR) is 116 cm³/mol. The summed E-state index contributed by atoms with van der Waals surface area (Å²) in [4.78, 5) is 17.6. The lowest BCUT2D eigenvalue weighted by Gasteiger charge is -2.40. The van der Waals surface area contributed by atoms with Gasteiger partial charge in [-0.2, -0.15) is 0 Å². The molecule has 1 fully saturated rings. The molecule has 0 radical (unpaired) electrons. The predicted octanol–water partition coefficient (Wildman–Crippen LogP) is 5.14. The first-order valence-corrected chi connectivity index (χ1v) is 10.9. The van der Waals surface area contributed by atoms with E-state index in [0.29, 0.717) is 5.91 Å². The van der Waals surface area contributed by atoms with Gasteiger partial charge in [0.05, 0.1) is 6.04 Å². The minimum Gasteiger partial charge on any atom is -0.340 e. The molecule has 1 aliphatic heterocycles. The Morgan fingerprint density at radius 1 is 0.857 bits per heavy atom. The number of nitrogens with zero attached hydrogens (tertiary/aromatic N) is 2. The lowest BCUT2D eigenvalue weighted by Crippen LogP contribution is -2.51. The van der Waals surface area contributed by atoms with Gasteiger partial charge in [-0.05, 0) is 24.0 Å². The molecule has 0 aliphatic carbocycles. The Labute approximate surface area is 170 Å². The van der Waals surface area contributed by atoms with Gasteiger partial charge in [-0.1, -0.05) is 87.4 Å². The molecule has 1 aliphatic rings. The van der Waals surface area contributed by atoms with Gasteiger partial charge in [-0.15, -0.1) is 0 Å². The second-order valence-electron chi connectivity index (χ2n) is 7.83. The summed E-state index contributed by atoms with van der Waals surface area (Å²) in [6.07, 6.45) is 4.29. The van der Waals surface area contributed by atoms with Crippen LogP contribution in [0.3, 0.4) is 0 Å². The van der Waals surface area contributed by atoms with Gasteiger partial charge in [0.15, 0.2) is 0 Å². The molecule has 1 amide bonds. The van der Waals surface area contributed by atoms with Gasteiger partial charge in [-0.25, -0.2) is 0 Å². The van der Waals surface area contributed by atoms with Gasteiger partial charge in [-0.3, -0.25) is 9.69 Å². The summed E-state index contributed by atoms with van der Waals surface area (Å²) in [7, 11) is 0. The molecule has 1 heterocycles. The van der Waals surface area contributed by atoms with E-state index in [9.17, 15) is 4.79 Å². The Morgan fingerprint density at radius 2 is 1.39 bits per heavy atom. The van der Waals surface area contributed by atoms with Crippen LogP contribution in [0.15, 0.2) is 60.7 Å².